The van der Waals surface area contributed by atoms with Gasteiger partial charge >= 0.3 is 0 Å². The SMILES string of the molecule is CN(C)C1CN(C(=O)[C@H]2CCc3c(sc4ncnc(Nc5cnc(N)c(C=N)c5)c34)C2)C1. The van der Waals surface area contributed by atoms with Gasteiger partial charge in [-0.1, -0.05) is 0 Å². The first kappa shape index (κ1) is 20.8. The van der Waals surface area contributed by atoms with Crippen LogP contribution in [0.15, 0.2) is 18.6 Å². The second-order valence-corrected chi connectivity index (χ2v) is 9.76. The van der Waals surface area contributed by atoms with Crippen LogP contribution in [0.4, 0.5) is 17.3 Å². The van der Waals surface area contributed by atoms with Crippen LogP contribution >= 0.6 is 11.3 Å². The average Bonchev–Trinajstić information content (AvgIpc) is 3.12. The summed E-state index contributed by atoms with van der Waals surface area (Å²) in [5, 5.41) is 11.8. The molecule has 32 heavy (non-hydrogen) atoms. The summed E-state index contributed by atoms with van der Waals surface area (Å²) in [4.78, 5) is 32.5. The molecular formula is C22H26N8OS. The van der Waals surface area contributed by atoms with Crippen molar-refractivity contribution in [2.45, 2.75) is 25.3 Å². The lowest BCUT2D eigenvalue weighted by molar-refractivity contribution is -0.142. The van der Waals surface area contributed by atoms with Crippen LogP contribution in [0.5, 0.6) is 0 Å². The number of likely N-dealkylation sites (tertiary alicyclic amines) is 1. The number of aryl methyl sites for hydroxylation is 1. The number of hydrogen-bond donors (Lipinski definition) is 3. The molecule has 1 fully saturated rings. The number of nitrogens with two attached hydrogens (primary N) is 1. The van der Waals surface area contributed by atoms with Gasteiger partial charge in [-0.25, -0.2) is 15.0 Å². The second kappa shape index (κ2) is 8.10. The molecule has 10 heteroatoms. The van der Waals surface area contributed by atoms with Crippen LogP contribution in [-0.2, 0) is 17.6 Å². The van der Waals surface area contributed by atoms with Gasteiger partial charge in [-0.3, -0.25) is 4.79 Å². The zero-order chi connectivity index (χ0) is 22.4. The minimum Gasteiger partial charge on any atom is -0.383 e. The number of amides is 1. The van der Waals surface area contributed by atoms with Gasteiger partial charge in [0.15, 0.2) is 0 Å². The quantitative estimate of drug-likeness (QED) is 0.510. The molecule has 2 aliphatic rings. The van der Waals surface area contributed by atoms with E-state index in [9.17, 15) is 4.79 Å². The van der Waals surface area contributed by atoms with Crippen LogP contribution in [-0.4, -0.2) is 70.1 Å². The maximum Gasteiger partial charge on any atom is 0.226 e. The fourth-order valence-electron chi connectivity index (χ4n) is 4.45. The van der Waals surface area contributed by atoms with E-state index in [1.165, 1.54) is 16.7 Å². The number of pyridine rings is 1. The molecule has 0 unspecified atom stereocenters. The number of aromatic nitrogens is 3. The molecule has 0 bridgehead atoms. The number of likely N-dealkylation sites (N-methyl/N-ethyl adjacent to an activating group) is 1. The first-order valence-electron chi connectivity index (χ1n) is 10.7. The predicted octanol–water partition coefficient (Wildman–Crippen LogP) is 2.29. The van der Waals surface area contributed by atoms with E-state index in [2.05, 4.69) is 39.3 Å². The summed E-state index contributed by atoms with van der Waals surface area (Å²) in [6.07, 6.45) is 6.82. The third-order valence-electron chi connectivity index (χ3n) is 6.47. The molecular weight excluding hydrogens is 424 g/mol. The molecule has 5 rings (SSSR count). The first-order chi connectivity index (χ1) is 15.4. The van der Waals surface area contributed by atoms with E-state index in [0.29, 0.717) is 17.4 Å². The topological polar surface area (TPSA) is 124 Å². The molecule has 4 N–H and O–H groups in total. The van der Waals surface area contributed by atoms with Gasteiger partial charge in [0, 0.05) is 41.7 Å². The van der Waals surface area contributed by atoms with E-state index in [1.807, 2.05) is 4.90 Å². The molecule has 1 atom stereocenters. The van der Waals surface area contributed by atoms with Gasteiger partial charge < -0.3 is 26.3 Å². The highest BCUT2D eigenvalue weighted by Crippen LogP contribution is 2.41. The van der Waals surface area contributed by atoms with Gasteiger partial charge in [0.25, 0.3) is 0 Å². The van der Waals surface area contributed by atoms with Crippen molar-refractivity contribution >= 4 is 51.0 Å². The van der Waals surface area contributed by atoms with E-state index in [-0.39, 0.29) is 11.8 Å². The third kappa shape index (κ3) is 3.59. The van der Waals surface area contributed by atoms with Crippen molar-refractivity contribution in [2.75, 3.05) is 38.2 Å². The summed E-state index contributed by atoms with van der Waals surface area (Å²) < 4.78 is 0. The van der Waals surface area contributed by atoms with Gasteiger partial charge in [0.05, 0.1) is 17.3 Å². The molecule has 1 aliphatic heterocycles. The Balaban J connectivity index is 1.38. The number of carbonyl (C=O) groups is 1. The zero-order valence-electron chi connectivity index (χ0n) is 18.1. The van der Waals surface area contributed by atoms with Gasteiger partial charge in [-0.15, -0.1) is 11.3 Å². The highest BCUT2D eigenvalue weighted by Gasteiger charge is 2.37. The maximum atomic E-state index is 13.0. The number of anilines is 3. The van der Waals surface area contributed by atoms with Crippen molar-refractivity contribution in [1.29, 1.82) is 5.41 Å². The van der Waals surface area contributed by atoms with Crippen molar-refractivity contribution in [3.8, 4) is 0 Å². The van der Waals surface area contributed by atoms with Crippen LogP contribution in [0.2, 0.25) is 0 Å². The summed E-state index contributed by atoms with van der Waals surface area (Å²) in [5.74, 6) is 1.36. The van der Waals surface area contributed by atoms with Gasteiger partial charge in [0.1, 0.15) is 22.8 Å². The molecule has 1 aliphatic carbocycles. The van der Waals surface area contributed by atoms with Gasteiger partial charge in [0.2, 0.25) is 5.91 Å². The molecule has 4 heterocycles. The monoisotopic (exact) mass is 450 g/mol. The zero-order valence-corrected chi connectivity index (χ0v) is 18.9. The highest BCUT2D eigenvalue weighted by molar-refractivity contribution is 7.19. The third-order valence-corrected chi connectivity index (χ3v) is 7.63. The van der Waals surface area contributed by atoms with Crippen molar-refractivity contribution in [2.24, 2.45) is 5.92 Å². The number of rotatable bonds is 5. The molecule has 0 spiro atoms. The Labute approximate surface area is 190 Å². The highest BCUT2D eigenvalue weighted by atomic mass is 32.1. The van der Waals surface area contributed by atoms with Crippen LogP contribution in [0.3, 0.4) is 0 Å². The van der Waals surface area contributed by atoms with E-state index in [0.717, 1.165) is 54.1 Å². The Hall–Kier alpha value is -3.11. The largest absolute Gasteiger partial charge is 0.383 e. The summed E-state index contributed by atoms with van der Waals surface area (Å²) >= 11 is 1.66. The summed E-state index contributed by atoms with van der Waals surface area (Å²) in [5.41, 5.74) is 8.31. The number of thiophene rings is 1. The molecule has 3 aromatic rings. The number of hydrogen-bond acceptors (Lipinski definition) is 9. The van der Waals surface area contributed by atoms with Crippen LogP contribution < -0.4 is 11.1 Å². The lowest BCUT2D eigenvalue weighted by Crippen LogP contribution is -2.60. The molecule has 9 nitrogen and oxygen atoms in total. The molecule has 0 saturated carbocycles. The Morgan fingerprint density at radius 2 is 2.16 bits per heavy atom. The standard InChI is InChI=1S/C22H26N8OS/c1-29(2)15-9-30(10-15)22(31)12-3-4-16-17(6-12)32-21-18(16)20(26-11-27-21)28-14-5-13(7-23)19(24)25-8-14/h5,7-8,11-12,15,23H,3-4,6,9-10H2,1-2H3,(H2,24,25)(H,26,27,28)/t12-/m0/s1. The minimum absolute atomic E-state index is 0.0412. The summed E-state index contributed by atoms with van der Waals surface area (Å²) in [7, 11) is 4.13. The molecule has 0 aromatic carbocycles. The molecule has 1 amide bonds. The number of carbonyl (C=O) groups excluding carboxylic acids is 1. The summed E-state index contributed by atoms with van der Waals surface area (Å²) in [6, 6.07) is 2.26. The van der Waals surface area contributed by atoms with E-state index >= 15 is 0 Å². The van der Waals surface area contributed by atoms with Gasteiger partial charge in [-0.05, 0) is 45.0 Å². The molecule has 166 valence electrons. The Kier molecular flexibility index (Phi) is 5.26. The fourth-order valence-corrected chi connectivity index (χ4v) is 5.72. The van der Waals surface area contributed by atoms with E-state index in [1.54, 1.807) is 29.9 Å². The molecule has 0 radical (unpaired) electrons. The van der Waals surface area contributed by atoms with E-state index < -0.39 is 0 Å². The van der Waals surface area contributed by atoms with Gasteiger partial charge in [-0.2, -0.15) is 0 Å². The first-order valence-corrected chi connectivity index (χ1v) is 11.5. The van der Waals surface area contributed by atoms with Crippen molar-refractivity contribution in [3.05, 3.63) is 34.6 Å². The van der Waals surface area contributed by atoms with Crippen molar-refractivity contribution in [1.82, 2.24) is 24.8 Å². The Bertz CT molecular complexity index is 1200. The number of fused-ring (bicyclic) bond motifs is 3. The second-order valence-electron chi connectivity index (χ2n) is 8.67. The van der Waals surface area contributed by atoms with E-state index in [4.69, 9.17) is 11.1 Å². The smallest absolute Gasteiger partial charge is 0.226 e. The van der Waals surface area contributed by atoms with Crippen LogP contribution in [0.25, 0.3) is 10.2 Å². The lowest BCUT2D eigenvalue weighted by Gasteiger charge is -2.44. The molecule has 1 saturated heterocycles. The van der Waals surface area contributed by atoms with Crippen LogP contribution in [0.1, 0.15) is 22.4 Å². The Morgan fingerprint density at radius 1 is 1.34 bits per heavy atom. The Morgan fingerprint density at radius 3 is 2.91 bits per heavy atom. The normalized spacial score (nSPS) is 18.5. The predicted molar refractivity (Wildman–Crippen MR) is 127 cm³/mol. The van der Waals surface area contributed by atoms with Crippen molar-refractivity contribution in [3.63, 3.8) is 0 Å². The number of nitrogens with zero attached hydrogens (tertiary/aromatic N) is 5. The fraction of sp³-hybridized carbons (Fsp3) is 0.409. The number of nitrogens with one attached hydrogen (secondary N) is 2. The minimum atomic E-state index is 0.0412. The van der Waals surface area contributed by atoms with Crippen molar-refractivity contribution < 1.29 is 4.79 Å². The number of nitrogen functional groups attached to an aromatic ring is 1. The summed E-state index contributed by atoms with van der Waals surface area (Å²) in [6.45, 7) is 1.66. The van der Waals surface area contributed by atoms with Crippen LogP contribution in [0, 0.1) is 11.3 Å². The lowest BCUT2D eigenvalue weighted by atomic mass is 9.86. The molecule has 3 aromatic heterocycles. The maximum absolute atomic E-state index is 13.0. The average molecular weight is 451 g/mol.